The van der Waals surface area contributed by atoms with Gasteiger partial charge in [0.05, 0.1) is 11.9 Å². The molecule has 180 valence electrons. The molecule has 8 heteroatoms. The maximum atomic E-state index is 11.7. The predicted molar refractivity (Wildman–Crippen MR) is 135 cm³/mol. The zero-order valence-electron chi connectivity index (χ0n) is 20.0. The molecule has 1 amide bonds. The Balaban J connectivity index is 1.13. The van der Waals surface area contributed by atoms with Gasteiger partial charge in [0.2, 0.25) is 5.91 Å². The second-order valence-corrected chi connectivity index (χ2v) is 9.67. The first-order valence-corrected chi connectivity index (χ1v) is 12.2. The van der Waals surface area contributed by atoms with Crippen LogP contribution >= 0.6 is 0 Å². The fraction of sp³-hybridized carbons (Fsp3) is 0.370. The number of anilines is 2. The van der Waals surface area contributed by atoms with Gasteiger partial charge < -0.3 is 15.0 Å². The van der Waals surface area contributed by atoms with Crippen LogP contribution < -0.4 is 10.1 Å². The van der Waals surface area contributed by atoms with Crippen LogP contribution in [-0.2, 0) is 18.4 Å². The van der Waals surface area contributed by atoms with E-state index in [9.17, 15) is 4.79 Å². The molecule has 0 spiro atoms. The van der Waals surface area contributed by atoms with Gasteiger partial charge in [-0.1, -0.05) is 12.6 Å². The molecule has 35 heavy (non-hydrogen) atoms. The van der Waals surface area contributed by atoms with Crippen LogP contribution in [0.5, 0.6) is 5.75 Å². The highest BCUT2D eigenvalue weighted by Crippen LogP contribution is 2.40. The van der Waals surface area contributed by atoms with Gasteiger partial charge >= 0.3 is 0 Å². The number of carbonyl (C=O) groups excluding carboxylic acids is 1. The number of aryl methyl sites for hydroxylation is 1. The van der Waals surface area contributed by atoms with Crippen molar-refractivity contribution in [3.05, 3.63) is 66.6 Å². The van der Waals surface area contributed by atoms with E-state index < -0.39 is 0 Å². The normalized spacial score (nSPS) is 18.5. The van der Waals surface area contributed by atoms with Crippen molar-refractivity contribution in [2.45, 2.75) is 31.4 Å². The van der Waals surface area contributed by atoms with Crippen molar-refractivity contribution in [3.63, 3.8) is 0 Å². The van der Waals surface area contributed by atoms with E-state index in [0.29, 0.717) is 18.6 Å². The SMILES string of the molecule is C=CC(=O)N1CC(N2CCC(c3ccc4c(c3)OCc3c(-c5cnn(C)c5)ccnc3N4)CC2)C1. The molecule has 1 N–H and O–H groups in total. The number of hydrogen-bond acceptors (Lipinski definition) is 6. The number of piperidine rings is 1. The Bertz CT molecular complexity index is 1270. The molecule has 6 rings (SSSR count). The molecule has 3 aliphatic heterocycles. The molecule has 2 aromatic heterocycles. The maximum absolute atomic E-state index is 11.7. The van der Waals surface area contributed by atoms with Gasteiger partial charge in [-0.15, -0.1) is 0 Å². The van der Waals surface area contributed by atoms with Gasteiger partial charge in [0.15, 0.2) is 0 Å². The highest BCUT2D eigenvalue weighted by molar-refractivity contribution is 5.87. The third kappa shape index (κ3) is 4.08. The van der Waals surface area contributed by atoms with Crippen LogP contribution in [0, 0.1) is 0 Å². The van der Waals surface area contributed by atoms with E-state index in [1.807, 2.05) is 36.6 Å². The van der Waals surface area contributed by atoms with Gasteiger partial charge in [0.25, 0.3) is 0 Å². The summed E-state index contributed by atoms with van der Waals surface area (Å²) in [4.78, 5) is 20.7. The first kappa shape index (κ1) is 21.9. The molecule has 3 aliphatic rings. The van der Waals surface area contributed by atoms with Crippen molar-refractivity contribution in [1.29, 1.82) is 0 Å². The number of benzene rings is 1. The highest BCUT2D eigenvalue weighted by atomic mass is 16.5. The van der Waals surface area contributed by atoms with Crippen LogP contribution in [0.25, 0.3) is 11.1 Å². The Morgan fingerprint density at radius 3 is 2.80 bits per heavy atom. The summed E-state index contributed by atoms with van der Waals surface area (Å²) in [6.07, 6.45) is 9.35. The summed E-state index contributed by atoms with van der Waals surface area (Å²) in [5.74, 6) is 2.26. The Labute approximate surface area is 205 Å². The molecule has 5 heterocycles. The van der Waals surface area contributed by atoms with Crippen molar-refractivity contribution < 1.29 is 9.53 Å². The molecule has 3 aromatic rings. The van der Waals surface area contributed by atoms with Crippen LogP contribution in [0.1, 0.15) is 29.9 Å². The van der Waals surface area contributed by atoms with Gasteiger partial charge in [-0.05, 0) is 67.3 Å². The predicted octanol–water partition coefficient (Wildman–Crippen LogP) is 3.69. The van der Waals surface area contributed by atoms with Crippen molar-refractivity contribution in [1.82, 2.24) is 24.6 Å². The standard InChI is InChI=1S/C27H30N6O2/c1-3-26(34)33-15-21(16-33)32-10-7-18(8-11-32)19-4-5-24-25(12-19)35-17-23-22(6-9-28-27(23)30-24)20-13-29-31(2)14-20/h3-6,9,12-14,18,21H,1,7-8,10-11,15-17H2,2H3,(H,28,30). The minimum atomic E-state index is 0.0413. The maximum Gasteiger partial charge on any atom is 0.246 e. The first-order chi connectivity index (χ1) is 17.1. The summed E-state index contributed by atoms with van der Waals surface area (Å²) in [7, 11) is 1.92. The van der Waals surface area contributed by atoms with Crippen molar-refractivity contribution >= 4 is 17.4 Å². The number of nitrogens with one attached hydrogen (secondary N) is 1. The van der Waals surface area contributed by atoms with E-state index in [1.165, 1.54) is 11.6 Å². The van der Waals surface area contributed by atoms with Gasteiger partial charge in [-0.2, -0.15) is 5.10 Å². The fourth-order valence-corrected chi connectivity index (χ4v) is 5.46. The van der Waals surface area contributed by atoms with Gasteiger partial charge in [-0.25, -0.2) is 4.98 Å². The second-order valence-electron chi connectivity index (χ2n) is 9.67. The lowest BCUT2D eigenvalue weighted by atomic mass is 9.88. The number of nitrogens with zero attached hydrogens (tertiary/aromatic N) is 5. The van der Waals surface area contributed by atoms with Gasteiger partial charge in [-0.3, -0.25) is 14.4 Å². The van der Waals surface area contributed by atoms with Crippen LogP contribution in [0.15, 0.2) is 55.5 Å². The second kappa shape index (κ2) is 8.85. The Hall–Kier alpha value is -3.65. The molecule has 8 nitrogen and oxygen atoms in total. The third-order valence-electron chi connectivity index (χ3n) is 7.57. The quantitative estimate of drug-likeness (QED) is 0.586. The summed E-state index contributed by atoms with van der Waals surface area (Å²) in [6.45, 7) is 7.81. The van der Waals surface area contributed by atoms with Crippen LogP contribution in [0.3, 0.4) is 0 Å². The fourth-order valence-electron chi connectivity index (χ4n) is 5.46. The minimum absolute atomic E-state index is 0.0413. The number of pyridine rings is 1. The molecule has 0 radical (unpaired) electrons. The Morgan fingerprint density at radius 2 is 2.06 bits per heavy atom. The largest absolute Gasteiger partial charge is 0.487 e. The molecule has 0 saturated carbocycles. The zero-order valence-corrected chi connectivity index (χ0v) is 20.0. The molecular formula is C27H30N6O2. The molecular weight excluding hydrogens is 440 g/mol. The number of ether oxygens (including phenoxy) is 1. The molecule has 1 aromatic carbocycles. The molecule has 2 saturated heterocycles. The molecule has 0 bridgehead atoms. The summed E-state index contributed by atoms with van der Waals surface area (Å²) < 4.78 is 8.13. The van der Waals surface area contributed by atoms with Crippen molar-refractivity contribution in [2.24, 2.45) is 7.05 Å². The van der Waals surface area contributed by atoms with Crippen molar-refractivity contribution in [2.75, 3.05) is 31.5 Å². The number of rotatable bonds is 4. The molecule has 0 aliphatic carbocycles. The van der Waals surface area contributed by atoms with Crippen LogP contribution in [-0.4, -0.2) is 62.7 Å². The number of carbonyl (C=O) groups is 1. The van der Waals surface area contributed by atoms with Crippen LogP contribution in [0.4, 0.5) is 11.5 Å². The van der Waals surface area contributed by atoms with Crippen LogP contribution in [0.2, 0.25) is 0 Å². The summed E-state index contributed by atoms with van der Waals surface area (Å²) in [6, 6.07) is 9.05. The number of hydrogen-bond donors (Lipinski definition) is 1. The van der Waals surface area contributed by atoms with E-state index in [4.69, 9.17) is 4.74 Å². The average molecular weight is 471 g/mol. The van der Waals surface area contributed by atoms with E-state index in [0.717, 1.165) is 73.0 Å². The van der Waals surface area contributed by atoms with E-state index in [1.54, 1.807) is 4.68 Å². The van der Waals surface area contributed by atoms with Gasteiger partial charge in [0, 0.05) is 49.7 Å². The highest BCUT2D eigenvalue weighted by Gasteiger charge is 2.35. The summed E-state index contributed by atoms with van der Waals surface area (Å²) in [5, 5.41) is 7.81. The van der Waals surface area contributed by atoms with Crippen molar-refractivity contribution in [3.8, 4) is 16.9 Å². The first-order valence-electron chi connectivity index (χ1n) is 12.2. The molecule has 2 fully saturated rings. The lowest BCUT2D eigenvalue weighted by Gasteiger charge is -2.47. The number of fused-ring (bicyclic) bond motifs is 2. The minimum Gasteiger partial charge on any atom is -0.487 e. The van der Waals surface area contributed by atoms with E-state index >= 15 is 0 Å². The third-order valence-corrected chi connectivity index (χ3v) is 7.57. The lowest BCUT2D eigenvalue weighted by molar-refractivity contribution is -0.133. The molecule has 0 atom stereocenters. The number of likely N-dealkylation sites (tertiary alicyclic amines) is 2. The molecule has 0 unspecified atom stereocenters. The van der Waals surface area contributed by atoms with E-state index in [-0.39, 0.29) is 5.91 Å². The van der Waals surface area contributed by atoms with Gasteiger partial charge in [0.1, 0.15) is 18.2 Å². The lowest BCUT2D eigenvalue weighted by Crippen LogP contribution is -2.61. The Kier molecular flexibility index (Phi) is 5.53. The summed E-state index contributed by atoms with van der Waals surface area (Å²) >= 11 is 0. The topological polar surface area (TPSA) is 75.5 Å². The Morgan fingerprint density at radius 1 is 1.23 bits per heavy atom. The smallest absolute Gasteiger partial charge is 0.246 e. The number of amides is 1. The van der Waals surface area contributed by atoms with E-state index in [2.05, 4.69) is 45.1 Å². The average Bonchev–Trinajstić information content (AvgIpc) is 3.19. The number of aromatic nitrogens is 3. The monoisotopic (exact) mass is 470 g/mol. The summed E-state index contributed by atoms with van der Waals surface area (Å²) in [5.41, 5.74) is 5.45. The zero-order chi connectivity index (χ0) is 23.9.